The molecule has 1 spiro atoms. The number of hydrogen-bond donors (Lipinski definition) is 0. The predicted molar refractivity (Wildman–Crippen MR) is 92.4 cm³/mol. The van der Waals surface area contributed by atoms with Crippen molar-refractivity contribution in [3.63, 3.8) is 0 Å². The van der Waals surface area contributed by atoms with Crippen molar-refractivity contribution in [3.8, 4) is 0 Å². The molecule has 0 atom stereocenters. The molecule has 1 aromatic rings. The van der Waals surface area contributed by atoms with E-state index < -0.39 is 5.60 Å². The highest BCUT2D eigenvalue weighted by atomic mass is 35.5. The first-order valence-electron chi connectivity index (χ1n) is 8.42. The Balaban J connectivity index is 1.50. The minimum atomic E-state index is -0.481. The smallest absolute Gasteiger partial charge is 0.410 e. The molecular weight excluding hydrogens is 344 g/mol. The number of halogens is 1. The molecule has 0 aromatic carbocycles. The van der Waals surface area contributed by atoms with E-state index in [1.165, 1.54) is 12.4 Å². The minimum Gasteiger partial charge on any atom is -0.444 e. The van der Waals surface area contributed by atoms with Gasteiger partial charge in [-0.1, -0.05) is 11.6 Å². The maximum Gasteiger partial charge on any atom is 0.410 e. The van der Waals surface area contributed by atoms with E-state index >= 15 is 0 Å². The second-order valence-electron chi connectivity index (χ2n) is 7.85. The second kappa shape index (κ2) is 6.44. The van der Waals surface area contributed by atoms with Crippen molar-refractivity contribution in [2.75, 3.05) is 26.2 Å². The summed E-state index contributed by atoms with van der Waals surface area (Å²) >= 11 is 5.70. The first kappa shape index (κ1) is 17.9. The molecule has 2 fully saturated rings. The zero-order valence-electron chi connectivity index (χ0n) is 14.8. The number of carbonyl (C=O) groups excluding carboxylic acids is 2. The molecule has 2 saturated heterocycles. The first-order chi connectivity index (χ1) is 11.7. The van der Waals surface area contributed by atoms with Crippen LogP contribution in [0.3, 0.4) is 0 Å². The van der Waals surface area contributed by atoms with Gasteiger partial charge in [-0.3, -0.25) is 4.79 Å². The zero-order valence-corrected chi connectivity index (χ0v) is 15.5. The van der Waals surface area contributed by atoms with Crippen LogP contribution in [0.4, 0.5) is 4.79 Å². The van der Waals surface area contributed by atoms with Crippen LogP contribution < -0.4 is 0 Å². The topological polar surface area (TPSA) is 75.6 Å². The van der Waals surface area contributed by atoms with Crippen LogP contribution >= 0.6 is 11.6 Å². The minimum absolute atomic E-state index is 0.105. The molecule has 7 nitrogen and oxygen atoms in total. The lowest BCUT2D eigenvalue weighted by Crippen LogP contribution is -2.62. The monoisotopic (exact) mass is 366 g/mol. The van der Waals surface area contributed by atoms with Crippen LogP contribution in [0.2, 0.25) is 5.15 Å². The average Bonchev–Trinajstić information content (AvgIpc) is 2.51. The van der Waals surface area contributed by atoms with Crippen LogP contribution in [0.15, 0.2) is 12.4 Å². The van der Waals surface area contributed by atoms with E-state index in [0.717, 1.165) is 12.8 Å². The molecule has 0 radical (unpaired) electrons. The van der Waals surface area contributed by atoms with Crippen molar-refractivity contribution in [2.45, 2.75) is 39.2 Å². The van der Waals surface area contributed by atoms with E-state index in [0.29, 0.717) is 31.9 Å². The van der Waals surface area contributed by atoms with Gasteiger partial charge < -0.3 is 14.5 Å². The molecule has 136 valence electrons. The number of likely N-dealkylation sites (tertiary alicyclic amines) is 2. The van der Waals surface area contributed by atoms with Gasteiger partial charge in [0.2, 0.25) is 0 Å². The molecule has 0 bridgehead atoms. The molecule has 0 unspecified atom stereocenters. The summed E-state index contributed by atoms with van der Waals surface area (Å²) in [5, 5.41) is 0.270. The molecule has 3 rings (SSSR count). The van der Waals surface area contributed by atoms with Crippen molar-refractivity contribution in [2.24, 2.45) is 5.41 Å². The Morgan fingerprint density at radius 2 is 1.76 bits per heavy atom. The Hall–Kier alpha value is -1.89. The van der Waals surface area contributed by atoms with E-state index in [1.54, 1.807) is 9.80 Å². The fourth-order valence-corrected chi connectivity index (χ4v) is 3.40. The maximum absolute atomic E-state index is 12.4. The van der Waals surface area contributed by atoms with Gasteiger partial charge in [0.05, 0.1) is 12.4 Å². The fourth-order valence-electron chi connectivity index (χ4n) is 3.30. The summed E-state index contributed by atoms with van der Waals surface area (Å²) in [4.78, 5) is 36.0. The van der Waals surface area contributed by atoms with Crippen molar-refractivity contribution >= 4 is 23.6 Å². The lowest BCUT2D eigenvalue weighted by atomic mass is 9.72. The van der Waals surface area contributed by atoms with Crippen molar-refractivity contribution in [1.82, 2.24) is 19.8 Å². The van der Waals surface area contributed by atoms with Gasteiger partial charge in [0.15, 0.2) is 0 Å². The molecular formula is C17H23ClN4O3. The Kier molecular flexibility index (Phi) is 4.62. The number of aromatic nitrogens is 2. The number of amides is 2. The number of ether oxygens (including phenoxy) is 1. The largest absolute Gasteiger partial charge is 0.444 e. The summed E-state index contributed by atoms with van der Waals surface area (Å²) < 4.78 is 5.42. The van der Waals surface area contributed by atoms with Crippen molar-refractivity contribution in [3.05, 3.63) is 23.2 Å². The van der Waals surface area contributed by atoms with Crippen LogP contribution in [0.25, 0.3) is 0 Å². The summed E-state index contributed by atoms with van der Waals surface area (Å²) in [6, 6.07) is 0. The van der Waals surface area contributed by atoms with Gasteiger partial charge in [-0.15, -0.1) is 0 Å². The number of hydrogen-bond acceptors (Lipinski definition) is 5. The quantitative estimate of drug-likeness (QED) is 0.763. The second-order valence-corrected chi connectivity index (χ2v) is 8.24. The highest BCUT2D eigenvalue weighted by molar-refractivity contribution is 6.29. The molecule has 8 heteroatoms. The molecule has 3 heterocycles. The van der Waals surface area contributed by atoms with Gasteiger partial charge in [-0.25, -0.2) is 14.8 Å². The highest BCUT2D eigenvalue weighted by Gasteiger charge is 2.47. The lowest BCUT2D eigenvalue weighted by molar-refractivity contribution is -0.0396. The third-order valence-corrected chi connectivity index (χ3v) is 4.85. The van der Waals surface area contributed by atoms with E-state index in [9.17, 15) is 9.59 Å². The average molecular weight is 367 g/mol. The fraction of sp³-hybridized carbons (Fsp3) is 0.647. The summed E-state index contributed by atoms with van der Waals surface area (Å²) in [5.74, 6) is -0.121. The van der Waals surface area contributed by atoms with Crippen LogP contribution in [0, 0.1) is 5.41 Å². The summed E-state index contributed by atoms with van der Waals surface area (Å²) in [6.07, 6.45) is 4.28. The molecule has 2 aliphatic heterocycles. The Morgan fingerprint density at radius 3 is 2.28 bits per heavy atom. The molecule has 0 aliphatic carbocycles. The standard InChI is InChI=1S/C17H23ClN4O3/c1-16(2,3)25-15(24)21-6-4-17(5-7-21)10-22(11-17)14(23)12-8-20-13(18)9-19-12/h8-9H,4-7,10-11H2,1-3H3. The van der Waals surface area contributed by atoms with Gasteiger partial charge in [0.25, 0.3) is 5.91 Å². The Morgan fingerprint density at radius 1 is 1.12 bits per heavy atom. The lowest BCUT2D eigenvalue weighted by Gasteiger charge is -2.53. The third-order valence-electron chi connectivity index (χ3n) is 4.66. The van der Waals surface area contributed by atoms with Crippen LogP contribution in [-0.4, -0.2) is 63.5 Å². The zero-order chi connectivity index (χ0) is 18.2. The number of nitrogens with zero attached hydrogens (tertiary/aromatic N) is 4. The number of piperidine rings is 1. The van der Waals surface area contributed by atoms with Crippen LogP contribution in [0.5, 0.6) is 0 Å². The SMILES string of the molecule is CC(C)(C)OC(=O)N1CCC2(CC1)CN(C(=O)c1cnc(Cl)cn1)C2. The molecule has 0 N–H and O–H groups in total. The van der Waals surface area contributed by atoms with Crippen molar-refractivity contribution in [1.29, 1.82) is 0 Å². The third kappa shape index (κ3) is 4.03. The van der Waals surface area contributed by atoms with E-state index in [1.807, 2.05) is 20.8 Å². The normalized spacial score (nSPS) is 19.5. The first-order valence-corrected chi connectivity index (χ1v) is 8.80. The predicted octanol–water partition coefficient (Wildman–Crippen LogP) is 2.60. The summed E-state index contributed by atoms with van der Waals surface area (Å²) in [6.45, 7) is 8.31. The van der Waals surface area contributed by atoms with Crippen LogP contribution in [-0.2, 0) is 4.74 Å². The molecule has 0 saturated carbocycles. The maximum atomic E-state index is 12.4. The van der Waals surface area contributed by atoms with E-state index in [2.05, 4.69) is 9.97 Å². The summed E-state index contributed by atoms with van der Waals surface area (Å²) in [5.41, 5.74) is -0.0649. The number of rotatable bonds is 1. The van der Waals surface area contributed by atoms with Gasteiger partial charge >= 0.3 is 6.09 Å². The van der Waals surface area contributed by atoms with E-state index in [4.69, 9.17) is 16.3 Å². The van der Waals surface area contributed by atoms with Gasteiger partial charge in [-0.2, -0.15) is 0 Å². The van der Waals surface area contributed by atoms with Gasteiger partial charge in [0, 0.05) is 31.6 Å². The van der Waals surface area contributed by atoms with Gasteiger partial charge in [-0.05, 0) is 33.6 Å². The van der Waals surface area contributed by atoms with Crippen molar-refractivity contribution < 1.29 is 14.3 Å². The Labute approximate surface area is 152 Å². The summed E-state index contributed by atoms with van der Waals surface area (Å²) in [7, 11) is 0. The van der Waals surface area contributed by atoms with Gasteiger partial charge in [0.1, 0.15) is 16.4 Å². The Bertz CT molecular complexity index is 655. The highest BCUT2D eigenvalue weighted by Crippen LogP contribution is 2.41. The van der Waals surface area contributed by atoms with Crippen LogP contribution in [0.1, 0.15) is 44.1 Å². The molecule has 1 aromatic heterocycles. The molecule has 25 heavy (non-hydrogen) atoms. The molecule has 2 aliphatic rings. The molecule has 2 amide bonds. The van der Waals surface area contributed by atoms with E-state index in [-0.39, 0.29) is 22.6 Å². The number of carbonyl (C=O) groups is 2.